The van der Waals surface area contributed by atoms with E-state index in [1.165, 1.54) is 27.8 Å². The van der Waals surface area contributed by atoms with Gasteiger partial charge in [0.05, 0.1) is 6.04 Å². The fourth-order valence-electron chi connectivity index (χ4n) is 2.91. The van der Waals surface area contributed by atoms with E-state index in [1.54, 1.807) is 0 Å². The molecule has 0 N–H and O–H groups in total. The molecule has 0 radical (unpaired) electrons. The Morgan fingerprint density at radius 2 is 1.46 bits per heavy atom. The minimum absolute atomic E-state index is 0.463. The van der Waals surface area contributed by atoms with Crippen molar-refractivity contribution in [1.82, 2.24) is 4.90 Å². The van der Waals surface area contributed by atoms with E-state index >= 15 is 0 Å². The van der Waals surface area contributed by atoms with Crippen LogP contribution in [0.5, 0.6) is 0 Å². The SMILES string of the molecule is CC.CC.Cc1ccc(C2CC(c3ccccc3)=CN2C)cc1C. The molecule has 24 heavy (non-hydrogen) atoms. The fourth-order valence-corrected chi connectivity index (χ4v) is 2.91. The Hall–Kier alpha value is -2.02. The predicted octanol–water partition coefficient (Wildman–Crippen LogP) is 6.77. The molecule has 1 nitrogen and oxygen atoms in total. The molecule has 2 aromatic carbocycles. The molecule has 2 aromatic rings. The second kappa shape index (κ2) is 9.97. The van der Waals surface area contributed by atoms with Gasteiger partial charge in [0, 0.05) is 13.2 Å². The summed E-state index contributed by atoms with van der Waals surface area (Å²) in [6.45, 7) is 12.4. The molecule has 1 heterocycles. The number of aryl methyl sites for hydroxylation is 2. The van der Waals surface area contributed by atoms with Gasteiger partial charge in [0.2, 0.25) is 0 Å². The normalized spacial score (nSPS) is 15.7. The Morgan fingerprint density at radius 3 is 2.04 bits per heavy atom. The molecule has 0 amide bonds. The van der Waals surface area contributed by atoms with Crippen molar-refractivity contribution in [2.75, 3.05) is 7.05 Å². The smallest absolute Gasteiger partial charge is 0.0574 e. The molecule has 1 aliphatic rings. The van der Waals surface area contributed by atoms with Gasteiger partial charge in [-0.05, 0) is 48.1 Å². The summed E-state index contributed by atoms with van der Waals surface area (Å²) in [6, 6.07) is 18.0. The van der Waals surface area contributed by atoms with Crippen molar-refractivity contribution in [3.63, 3.8) is 0 Å². The van der Waals surface area contributed by atoms with Crippen LogP contribution in [0.4, 0.5) is 0 Å². The fraction of sp³-hybridized carbons (Fsp3) is 0.391. The lowest BCUT2D eigenvalue weighted by Gasteiger charge is -2.22. The predicted molar refractivity (Wildman–Crippen MR) is 108 cm³/mol. The highest BCUT2D eigenvalue weighted by Crippen LogP contribution is 2.38. The summed E-state index contributed by atoms with van der Waals surface area (Å²) in [5, 5.41) is 0. The quantitative estimate of drug-likeness (QED) is 0.589. The Labute approximate surface area is 149 Å². The van der Waals surface area contributed by atoms with Crippen molar-refractivity contribution in [3.05, 3.63) is 77.0 Å². The number of rotatable bonds is 2. The number of hydrogen-bond donors (Lipinski definition) is 0. The molecular formula is C23H33N. The second-order valence-electron chi connectivity index (χ2n) is 5.75. The van der Waals surface area contributed by atoms with Crippen molar-refractivity contribution in [1.29, 1.82) is 0 Å². The first-order chi connectivity index (χ1) is 11.6. The van der Waals surface area contributed by atoms with E-state index in [4.69, 9.17) is 0 Å². The van der Waals surface area contributed by atoms with Crippen LogP contribution in [-0.2, 0) is 0 Å². The van der Waals surface area contributed by atoms with Crippen molar-refractivity contribution in [2.24, 2.45) is 0 Å². The van der Waals surface area contributed by atoms with Crippen LogP contribution in [0, 0.1) is 13.8 Å². The Kier molecular flexibility index (Phi) is 8.32. The topological polar surface area (TPSA) is 3.24 Å². The van der Waals surface area contributed by atoms with E-state index in [1.807, 2.05) is 27.7 Å². The van der Waals surface area contributed by atoms with E-state index in [-0.39, 0.29) is 0 Å². The number of hydrogen-bond acceptors (Lipinski definition) is 1. The Bertz CT molecular complexity index is 640. The maximum absolute atomic E-state index is 2.34. The molecule has 1 aliphatic heterocycles. The highest BCUT2D eigenvalue weighted by Gasteiger charge is 2.24. The summed E-state index contributed by atoms with van der Waals surface area (Å²) in [7, 11) is 2.18. The van der Waals surface area contributed by atoms with Crippen LogP contribution in [0.25, 0.3) is 5.57 Å². The molecule has 130 valence electrons. The standard InChI is InChI=1S/C19H21N.2C2H6/c1-14-9-10-17(11-15(14)2)19-12-18(13-20(19)3)16-7-5-4-6-8-16;2*1-2/h4-11,13,19H,12H2,1-3H3;2*1-2H3. The van der Waals surface area contributed by atoms with Crippen LogP contribution in [0.15, 0.2) is 54.7 Å². The summed E-state index contributed by atoms with van der Waals surface area (Å²) in [5.74, 6) is 0. The largest absolute Gasteiger partial charge is 0.373 e. The van der Waals surface area contributed by atoms with Crippen LogP contribution in [0.1, 0.15) is 62.4 Å². The van der Waals surface area contributed by atoms with E-state index in [2.05, 4.69) is 80.5 Å². The summed E-state index contributed by atoms with van der Waals surface area (Å²) >= 11 is 0. The third-order valence-electron chi connectivity index (χ3n) is 4.32. The lowest BCUT2D eigenvalue weighted by atomic mass is 9.96. The molecule has 0 aromatic heterocycles. The van der Waals surface area contributed by atoms with Gasteiger partial charge in [0.1, 0.15) is 0 Å². The summed E-state index contributed by atoms with van der Waals surface area (Å²) in [6.07, 6.45) is 3.37. The molecule has 0 saturated heterocycles. The molecule has 0 bridgehead atoms. The van der Waals surface area contributed by atoms with Crippen LogP contribution < -0.4 is 0 Å². The molecule has 0 aliphatic carbocycles. The van der Waals surface area contributed by atoms with Gasteiger partial charge in [0.25, 0.3) is 0 Å². The van der Waals surface area contributed by atoms with Gasteiger partial charge in [-0.1, -0.05) is 76.2 Å². The van der Waals surface area contributed by atoms with Crippen LogP contribution >= 0.6 is 0 Å². The van der Waals surface area contributed by atoms with Crippen molar-refractivity contribution in [3.8, 4) is 0 Å². The summed E-state index contributed by atoms with van der Waals surface area (Å²) in [5.41, 5.74) is 6.93. The van der Waals surface area contributed by atoms with Crippen LogP contribution in [-0.4, -0.2) is 11.9 Å². The third-order valence-corrected chi connectivity index (χ3v) is 4.32. The number of nitrogens with zero attached hydrogens (tertiary/aromatic N) is 1. The zero-order valence-corrected chi connectivity index (χ0v) is 16.4. The lowest BCUT2D eigenvalue weighted by Crippen LogP contribution is -2.14. The third kappa shape index (κ3) is 4.74. The van der Waals surface area contributed by atoms with Gasteiger partial charge >= 0.3 is 0 Å². The van der Waals surface area contributed by atoms with E-state index < -0.39 is 0 Å². The Balaban J connectivity index is 0.000000671. The van der Waals surface area contributed by atoms with Gasteiger partial charge in [-0.3, -0.25) is 0 Å². The van der Waals surface area contributed by atoms with Gasteiger partial charge in [-0.25, -0.2) is 0 Å². The molecule has 1 unspecified atom stereocenters. The maximum atomic E-state index is 2.34. The summed E-state index contributed by atoms with van der Waals surface area (Å²) in [4.78, 5) is 2.34. The van der Waals surface area contributed by atoms with Gasteiger partial charge < -0.3 is 4.90 Å². The minimum atomic E-state index is 0.463. The molecule has 0 spiro atoms. The highest BCUT2D eigenvalue weighted by atomic mass is 15.1. The monoisotopic (exact) mass is 323 g/mol. The first kappa shape index (κ1) is 20.0. The lowest BCUT2D eigenvalue weighted by molar-refractivity contribution is 0.368. The zero-order valence-electron chi connectivity index (χ0n) is 16.4. The minimum Gasteiger partial charge on any atom is -0.373 e. The molecular weight excluding hydrogens is 290 g/mol. The molecule has 1 heteroatoms. The Morgan fingerprint density at radius 1 is 0.833 bits per heavy atom. The zero-order chi connectivity index (χ0) is 18.1. The maximum Gasteiger partial charge on any atom is 0.0574 e. The van der Waals surface area contributed by atoms with Crippen molar-refractivity contribution in [2.45, 2.75) is 54.0 Å². The van der Waals surface area contributed by atoms with Gasteiger partial charge in [0.15, 0.2) is 0 Å². The molecule has 0 saturated carbocycles. The van der Waals surface area contributed by atoms with Crippen LogP contribution in [0.3, 0.4) is 0 Å². The van der Waals surface area contributed by atoms with Crippen LogP contribution in [0.2, 0.25) is 0 Å². The van der Waals surface area contributed by atoms with E-state index in [0.717, 1.165) is 6.42 Å². The highest BCUT2D eigenvalue weighted by molar-refractivity contribution is 5.68. The van der Waals surface area contributed by atoms with E-state index in [9.17, 15) is 0 Å². The molecule has 3 rings (SSSR count). The van der Waals surface area contributed by atoms with Gasteiger partial charge in [-0.15, -0.1) is 0 Å². The first-order valence-electron chi connectivity index (χ1n) is 9.20. The average Bonchev–Trinajstić information content (AvgIpc) is 3.03. The molecule has 0 fully saturated rings. The van der Waals surface area contributed by atoms with Crippen molar-refractivity contribution >= 4 is 5.57 Å². The van der Waals surface area contributed by atoms with Crippen molar-refractivity contribution < 1.29 is 0 Å². The summed E-state index contributed by atoms with van der Waals surface area (Å²) < 4.78 is 0. The molecule has 1 atom stereocenters. The van der Waals surface area contributed by atoms with E-state index in [0.29, 0.717) is 6.04 Å². The van der Waals surface area contributed by atoms with Gasteiger partial charge in [-0.2, -0.15) is 0 Å². The average molecular weight is 324 g/mol. The number of benzene rings is 2. The second-order valence-corrected chi connectivity index (χ2v) is 5.75. The first-order valence-corrected chi connectivity index (χ1v) is 9.20.